The molecular formula is C30H37BrN4O4S. The number of hydrogen-bond acceptors (Lipinski definition) is 6. The van der Waals surface area contributed by atoms with E-state index >= 15 is 0 Å². The Kier molecular flexibility index (Phi) is 8.50. The molecule has 3 amide bonds. The first kappa shape index (κ1) is 29.0. The molecule has 2 aromatic carbocycles. The van der Waals surface area contributed by atoms with E-state index in [2.05, 4.69) is 45.3 Å². The lowest BCUT2D eigenvalue weighted by Gasteiger charge is -2.37. The van der Waals surface area contributed by atoms with Crippen molar-refractivity contribution in [1.82, 2.24) is 10.2 Å². The monoisotopic (exact) mass is 628 g/mol. The molecule has 7 atom stereocenters. The smallest absolute Gasteiger partial charge is 0.248 e. The number of rotatable bonds is 10. The van der Waals surface area contributed by atoms with Crippen molar-refractivity contribution in [3.63, 3.8) is 0 Å². The van der Waals surface area contributed by atoms with Crippen molar-refractivity contribution >= 4 is 56.8 Å². The van der Waals surface area contributed by atoms with Gasteiger partial charge in [-0.15, -0.1) is 11.8 Å². The summed E-state index contributed by atoms with van der Waals surface area (Å²) in [5.74, 6) is -1.89. The molecule has 3 aliphatic heterocycles. The first-order chi connectivity index (χ1) is 19.3. The number of nitrogens with zero attached hydrogens (tertiary/aromatic N) is 2. The molecule has 3 N–H and O–H groups in total. The highest BCUT2D eigenvalue weighted by atomic mass is 79.9. The highest BCUT2D eigenvalue weighted by Crippen LogP contribution is 2.68. The highest BCUT2D eigenvalue weighted by Gasteiger charge is 2.76. The van der Waals surface area contributed by atoms with Crippen molar-refractivity contribution in [3.8, 4) is 0 Å². The molecule has 5 rings (SSSR count). The van der Waals surface area contributed by atoms with Crippen molar-refractivity contribution in [1.29, 1.82) is 0 Å². The van der Waals surface area contributed by atoms with E-state index in [0.717, 1.165) is 24.3 Å². The van der Waals surface area contributed by atoms with Gasteiger partial charge in [0.2, 0.25) is 17.7 Å². The lowest BCUT2D eigenvalue weighted by molar-refractivity contribution is -0.141. The van der Waals surface area contributed by atoms with Crippen LogP contribution in [0.1, 0.15) is 25.8 Å². The van der Waals surface area contributed by atoms with Gasteiger partial charge in [0.15, 0.2) is 0 Å². The zero-order valence-corrected chi connectivity index (χ0v) is 25.5. The number of carbonyl (C=O) groups excluding carboxylic acids is 3. The molecule has 3 unspecified atom stereocenters. The molecular weight excluding hydrogens is 592 g/mol. The Bertz CT molecular complexity index is 1240. The lowest BCUT2D eigenvalue weighted by atomic mass is 9.70. The molecule has 0 radical (unpaired) electrons. The maximum Gasteiger partial charge on any atom is 0.248 e. The summed E-state index contributed by atoms with van der Waals surface area (Å²) in [6, 6.07) is 16.0. The Morgan fingerprint density at radius 3 is 2.40 bits per heavy atom. The molecule has 3 aliphatic rings. The molecule has 3 heterocycles. The molecule has 214 valence electrons. The third-order valence-corrected chi connectivity index (χ3v) is 11.9. The van der Waals surface area contributed by atoms with E-state index in [1.54, 1.807) is 23.7 Å². The normalized spacial score (nSPS) is 29.3. The topological polar surface area (TPSA) is 102 Å². The Morgan fingerprint density at radius 2 is 1.80 bits per heavy atom. The minimum absolute atomic E-state index is 0.00541. The summed E-state index contributed by atoms with van der Waals surface area (Å²) in [6.45, 7) is 5.68. The van der Waals surface area contributed by atoms with Gasteiger partial charge in [-0.05, 0) is 56.5 Å². The van der Waals surface area contributed by atoms with Crippen LogP contribution in [0.25, 0.3) is 0 Å². The minimum Gasteiger partial charge on any atom is -0.394 e. The number of fused-ring (bicyclic) bond motifs is 1. The van der Waals surface area contributed by atoms with Crippen LogP contribution in [-0.2, 0) is 20.8 Å². The summed E-state index contributed by atoms with van der Waals surface area (Å²) < 4.78 is -0.775. The van der Waals surface area contributed by atoms with Crippen LogP contribution < -0.4 is 15.5 Å². The van der Waals surface area contributed by atoms with E-state index in [1.165, 1.54) is 0 Å². The fourth-order valence-electron chi connectivity index (χ4n) is 6.92. The van der Waals surface area contributed by atoms with Crippen molar-refractivity contribution in [2.24, 2.45) is 11.8 Å². The number of anilines is 2. The van der Waals surface area contributed by atoms with Gasteiger partial charge >= 0.3 is 0 Å². The van der Waals surface area contributed by atoms with Crippen molar-refractivity contribution in [2.75, 3.05) is 37.0 Å². The largest absolute Gasteiger partial charge is 0.394 e. The van der Waals surface area contributed by atoms with Crippen LogP contribution in [0.5, 0.6) is 0 Å². The van der Waals surface area contributed by atoms with E-state index in [-0.39, 0.29) is 34.4 Å². The van der Waals surface area contributed by atoms with Gasteiger partial charge in [0.25, 0.3) is 0 Å². The molecule has 0 saturated carbocycles. The quantitative estimate of drug-likeness (QED) is 0.349. The van der Waals surface area contributed by atoms with E-state index < -0.39 is 28.7 Å². The Labute approximate surface area is 248 Å². The van der Waals surface area contributed by atoms with Crippen molar-refractivity contribution < 1.29 is 19.5 Å². The standard InChI is InChI=1S/C30H37BrN4O4S/c1-4-34(5-2)20-13-11-19(12-14-20)33-28(38)26-30-16-22(31)25(40-30)23(27(37)32-3)24(30)29(39)35(26)21(17-36)15-18-9-7-6-8-10-18/h6-14,21-26,36H,4-5,15-17H2,1-3H3,(H,32,37)(H,33,38)/t21-,22?,23+,24+,25+,26?,30?/m1/s1. The number of carbonyl (C=O) groups is 3. The van der Waals surface area contributed by atoms with E-state index in [9.17, 15) is 19.5 Å². The fraction of sp³-hybridized carbons (Fsp3) is 0.500. The number of hydrogen-bond donors (Lipinski definition) is 3. The molecule has 8 nitrogen and oxygen atoms in total. The number of alkyl halides is 1. The Hall–Kier alpha value is -2.56. The number of aliphatic hydroxyl groups is 1. The zero-order chi connectivity index (χ0) is 28.6. The summed E-state index contributed by atoms with van der Waals surface area (Å²) in [5.41, 5.74) is 2.68. The van der Waals surface area contributed by atoms with Crippen molar-refractivity contribution in [2.45, 2.75) is 53.6 Å². The first-order valence-electron chi connectivity index (χ1n) is 14.0. The van der Waals surface area contributed by atoms with Gasteiger partial charge in [0.1, 0.15) is 6.04 Å². The average Bonchev–Trinajstić information content (AvgIpc) is 3.56. The molecule has 0 aliphatic carbocycles. The van der Waals surface area contributed by atoms with Gasteiger partial charge < -0.3 is 25.5 Å². The predicted octanol–water partition coefficient (Wildman–Crippen LogP) is 3.29. The van der Waals surface area contributed by atoms with Crippen LogP contribution in [-0.4, -0.2) is 81.4 Å². The fourth-order valence-corrected chi connectivity index (χ4v) is 10.5. The molecule has 2 aromatic rings. The second-order valence-electron chi connectivity index (χ2n) is 10.8. The summed E-state index contributed by atoms with van der Waals surface area (Å²) in [4.78, 5) is 45.4. The third kappa shape index (κ3) is 4.81. The Balaban J connectivity index is 1.51. The summed E-state index contributed by atoms with van der Waals surface area (Å²) >= 11 is 5.37. The third-order valence-electron chi connectivity index (χ3n) is 8.71. The SMILES string of the molecule is CCN(CC)c1ccc(NC(=O)C2N([C@@H](CO)Cc3ccccc3)C(=O)[C@@H]3[C@H](C(=O)NC)[C@H]4SC23CC4Br)cc1. The molecule has 40 heavy (non-hydrogen) atoms. The number of likely N-dealkylation sites (tertiary alicyclic amines) is 1. The second-order valence-corrected chi connectivity index (χ2v) is 13.5. The van der Waals surface area contributed by atoms with Crippen molar-refractivity contribution in [3.05, 3.63) is 60.2 Å². The van der Waals surface area contributed by atoms with Crippen LogP contribution in [0.4, 0.5) is 11.4 Å². The number of amides is 3. The number of benzene rings is 2. The average molecular weight is 630 g/mol. The van der Waals surface area contributed by atoms with Gasteiger partial charge in [-0.3, -0.25) is 14.4 Å². The molecule has 1 spiro atoms. The van der Waals surface area contributed by atoms with Gasteiger partial charge in [0, 0.05) is 41.6 Å². The van der Waals surface area contributed by atoms with Crippen LogP contribution in [0, 0.1) is 11.8 Å². The number of halogens is 1. The first-order valence-corrected chi connectivity index (χ1v) is 15.7. The number of aliphatic hydroxyl groups excluding tert-OH is 1. The molecule has 2 bridgehead atoms. The summed E-state index contributed by atoms with van der Waals surface area (Å²) in [6.07, 6.45) is 0.996. The zero-order valence-electron chi connectivity index (χ0n) is 23.0. The minimum atomic E-state index is -0.835. The second kappa shape index (κ2) is 11.7. The van der Waals surface area contributed by atoms with Gasteiger partial charge in [-0.1, -0.05) is 46.3 Å². The van der Waals surface area contributed by atoms with Crippen LogP contribution >= 0.6 is 27.7 Å². The molecule has 0 aromatic heterocycles. The predicted molar refractivity (Wildman–Crippen MR) is 163 cm³/mol. The van der Waals surface area contributed by atoms with Gasteiger partial charge in [-0.25, -0.2) is 0 Å². The van der Waals surface area contributed by atoms with E-state index in [4.69, 9.17) is 0 Å². The van der Waals surface area contributed by atoms with Crippen LogP contribution in [0.2, 0.25) is 0 Å². The number of nitrogens with one attached hydrogen (secondary N) is 2. The molecule has 10 heteroatoms. The Morgan fingerprint density at radius 1 is 1.12 bits per heavy atom. The molecule has 3 saturated heterocycles. The summed E-state index contributed by atoms with van der Waals surface area (Å²) in [5, 5.41) is 16.3. The maximum absolute atomic E-state index is 14.3. The molecule has 3 fully saturated rings. The lowest BCUT2D eigenvalue weighted by Crippen LogP contribution is -2.55. The highest BCUT2D eigenvalue weighted by molar-refractivity contribution is 9.09. The van der Waals surface area contributed by atoms with Crippen LogP contribution in [0.15, 0.2) is 54.6 Å². The van der Waals surface area contributed by atoms with Crippen LogP contribution in [0.3, 0.4) is 0 Å². The van der Waals surface area contributed by atoms with E-state index in [1.807, 2.05) is 54.6 Å². The summed E-state index contributed by atoms with van der Waals surface area (Å²) in [7, 11) is 1.59. The van der Waals surface area contributed by atoms with E-state index in [0.29, 0.717) is 18.5 Å². The van der Waals surface area contributed by atoms with Gasteiger partial charge in [0.05, 0.1) is 29.2 Å². The van der Waals surface area contributed by atoms with Gasteiger partial charge in [-0.2, -0.15) is 0 Å². The number of thioether (sulfide) groups is 1. The maximum atomic E-state index is 14.3.